The molecule has 2 aromatic carbocycles. The molecule has 0 saturated heterocycles. The normalized spacial score (nSPS) is 11.8. The molecule has 0 fully saturated rings. The van der Waals surface area contributed by atoms with Crippen LogP contribution < -0.4 is 10.1 Å². The van der Waals surface area contributed by atoms with E-state index in [9.17, 15) is 14.9 Å². The molecule has 2 rings (SSSR count). The van der Waals surface area contributed by atoms with Gasteiger partial charge in [-0.1, -0.05) is 17.7 Å². The molecule has 7 nitrogen and oxygen atoms in total. The lowest BCUT2D eigenvalue weighted by molar-refractivity contribution is -0.384. The zero-order chi connectivity index (χ0) is 19.1. The van der Waals surface area contributed by atoms with Crippen LogP contribution in [-0.4, -0.2) is 42.0 Å². The van der Waals surface area contributed by atoms with E-state index in [1.165, 1.54) is 18.2 Å². The van der Waals surface area contributed by atoms with E-state index in [1.54, 1.807) is 37.3 Å². The Morgan fingerprint density at radius 3 is 2.65 bits per heavy atom. The van der Waals surface area contributed by atoms with Gasteiger partial charge in [0.1, 0.15) is 12.4 Å². The second-order valence-electron chi connectivity index (χ2n) is 5.76. The molecular weight excluding hydrogens is 358 g/mol. The summed E-state index contributed by atoms with van der Waals surface area (Å²) in [5.74, 6) is 0.455. The first-order valence-electron chi connectivity index (χ1n) is 8.01. The molecular formula is C18H20ClN3O4. The number of amides is 1. The molecule has 8 heteroatoms. The van der Waals surface area contributed by atoms with Gasteiger partial charge >= 0.3 is 0 Å². The summed E-state index contributed by atoms with van der Waals surface area (Å²) in [5, 5.41) is 14.1. The van der Waals surface area contributed by atoms with Crippen LogP contribution in [0.15, 0.2) is 48.5 Å². The van der Waals surface area contributed by atoms with Crippen LogP contribution in [0.1, 0.15) is 6.92 Å². The van der Waals surface area contributed by atoms with Gasteiger partial charge in [-0.3, -0.25) is 19.8 Å². The lowest BCUT2D eigenvalue weighted by Gasteiger charge is -2.23. The van der Waals surface area contributed by atoms with Crippen molar-refractivity contribution in [3.05, 3.63) is 63.7 Å². The number of non-ortho nitro benzene ring substituents is 1. The first-order valence-corrected chi connectivity index (χ1v) is 8.38. The highest BCUT2D eigenvalue weighted by Gasteiger charge is 2.18. The van der Waals surface area contributed by atoms with Crippen molar-refractivity contribution in [1.82, 2.24) is 4.90 Å². The predicted molar refractivity (Wildman–Crippen MR) is 101 cm³/mol. The van der Waals surface area contributed by atoms with Crippen molar-refractivity contribution in [3.63, 3.8) is 0 Å². The van der Waals surface area contributed by atoms with Crippen LogP contribution in [0.2, 0.25) is 5.02 Å². The molecule has 0 aliphatic rings. The maximum Gasteiger partial charge on any atom is 0.271 e. The summed E-state index contributed by atoms with van der Waals surface area (Å²) in [6, 6.07) is 12.5. The molecule has 1 atom stereocenters. The van der Waals surface area contributed by atoms with E-state index in [1.807, 2.05) is 11.9 Å². The molecule has 138 valence electrons. The van der Waals surface area contributed by atoms with E-state index in [4.69, 9.17) is 16.3 Å². The van der Waals surface area contributed by atoms with Gasteiger partial charge in [-0.25, -0.2) is 0 Å². The van der Waals surface area contributed by atoms with Crippen molar-refractivity contribution in [2.24, 2.45) is 0 Å². The minimum atomic E-state index is -0.501. The van der Waals surface area contributed by atoms with Gasteiger partial charge in [0.2, 0.25) is 5.91 Å². The van der Waals surface area contributed by atoms with Crippen LogP contribution in [0.5, 0.6) is 5.75 Å². The molecule has 26 heavy (non-hydrogen) atoms. The summed E-state index contributed by atoms with van der Waals surface area (Å²) < 4.78 is 5.61. The summed E-state index contributed by atoms with van der Waals surface area (Å²) >= 11 is 5.82. The average molecular weight is 378 g/mol. The van der Waals surface area contributed by atoms with Crippen LogP contribution in [-0.2, 0) is 4.79 Å². The number of nitro benzene ring substituents is 1. The molecule has 1 unspecified atom stereocenters. The smallest absolute Gasteiger partial charge is 0.271 e. The number of anilines is 1. The number of hydrogen-bond acceptors (Lipinski definition) is 5. The van der Waals surface area contributed by atoms with Crippen molar-refractivity contribution >= 4 is 28.9 Å². The van der Waals surface area contributed by atoms with E-state index in [0.29, 0.717) is 29.6 Å². The second-order valence-corrected chi connectivity index (χ2v) is 6.19. The highest BCUT2D eigenvalue weighted by molar-refractivity contribution is 6.30. The Bertz CT molecular complexity index is 767. The number of ether oxygens (including phenoxy) is 1. The molecule has 0 heterocycles. The van der Waals surface area contributed by atoms with E-state index >= 15 is 0 Å². The van der Waals surface area contributed by atoms with Crippen molar-refractivity contribution in [2.75, 3.05) is 25.5 Å². The van der Waals surface area contributed by atoms with Crippen molar-refractivity contribution < 1.29 is 14.5 Å². The molecule has 2 aromatic rings. The number of rotatable bonds is 8. The van der Waals surface area contributed by atoms with Gasteiger partial charge in [0, 0.05) is 29.4 Å². The average Bonchev–Trinajstić information content (AvgIpc) is 2.62. The summed E-state index contributed by atoms with van der Waals surface area (Å²) in [4.78, 5) is 24.5. The quantitative estimate of drug-likeness (QED) is 0.561. The van der Waals surface area contributed by atoms with Gasteiger partial charge in [-0.2, -0.15) is 0 Å². The highest BCUT2D eigenvalue weighted by Crippen LogP contribution is 2.18. The maximum absolute atomic E-state index is 12.3. The maximum atomic E-state index is 12.3. The third-order valence-electron chi connectivity index (χ3n) is 3.89. The number of carbonyl (C=O) groups is 1. The van der Waals surface area contributed by atoms with Gasteiger partial charge in [-0.15, -0.1) is 0 Å². The van der Waals surface area contributed by atoms with Crippen LogP contribution in [0.3, 0.4) is 0 Å². The molecule has 0 radical (unpaired) electrons. The van der Waals surface area contributed by atoms with Gasteiger partial charge in [0.05, 0.1) is 11.0 Å². The van der Waals surface area contributed by atoms with Crippen LogP contribution in [0, 0.1) is 10.1 Å². The second kappa shape index (κ2) is 9.17. The fourth-order valence-corrected chi connectivity index (χ4v) is 2.30. The monoisotopic (exact) mass is 377 g/mol. The lowest BCUT2D eigenvalue weighted by atomic mass is 10.2. The highest BCUT2D eigenvalue weighted by atomic mass is 35.5. The van der Waals surface area contributed by atoms with Gasteiger partial charge in [0.25, 0.3) is 5.69 Å². The fourth-order valence-electron chi connectivity index (χ4n) is 2.18. The van der Waals surface area contributed by atoms with Crippen molar-refractivity contribution in [1.29, 1.82) is 0 Å². The molecule has 0 bridgehead atoms. The predicted octanol–water partition coefficient (Wildman–Crippen LogP) is 3.59. The first-order chi connectivity index (χ1) is 12.4. The van der Waals surface area contributed by atoms with Crippen LogP contribution in [0.25, 0.3) is 0 Å². The number of hydrogen-bond donors (Lipinski definition) is 1. The third-order valence-corrected chi connectivity index (χ3v) is 4.14. The lowest BCUT2D eigenvalue weighted by Crippen LogP contribution is -2.41. The first kappa shape index (κ1) is 19.7. The number of benzene rings is 2. The Labute approximate surface area is 156 Å². The molecule has 1 amide bonds. The van der Waals surface area contributed by atoms with Gasteiger partial charge in [0.15, 0.2) is 0 Å². The van der Waals surface area contributed by atoms with E-state index < -0.39 is 11.0 Å². The Morgan fingerprint density at radius 2 is 2.00 bits per heavy atom. The summed E-state index contributed by atoms with van der Waals surface area (Å²) in [7, 11) is 1.81. The minimum Gasteiger partial charge on any atom is -0.492 e. The number of nitrogens with zero attached hydrogens (tertiary/aromatic N) is 2. The Balaban J connectivity index is 1.83. The summed E-state index contributed by atoms with van der Waals surface area (Å²) in [6.45, 7) is 2.70. The number of halogens is 1. The molecule has 0 saturated carbocycles. The topological polar surface area (TPSA) is 84.7 Å². The molecule has 0 aromatic heterocycles. The third kappa shape index (κ3) is 5.72. The van der Waals surface area contributed by atoms with Crippen molar-refractivity contribution in [3.8, 4) is 5.75 Å². The molecule has 1 N–H and O–H groups in total. The van der Waals surface area contributed by atoms with Crippen LogP contribution >= 0.6 is 11.6 Å². The van der Waals surface area contributed by atoms with E-state index in [-0.39, 0.29) is 11.6 Å². The Morgan fingerprint density at radius 1 is 1.31 bits per heavy atom. The van der Waals surface area contributed by atoms with Gasteiger partial charge in [-0.05, 0) is 44.3 Å². The molecule has 0 aliphatic carbocycles. The van der Waals surface area contributed by atoms with Crippen molar-refractivity contribution in [2.45, 2.75) is 13.0 Å². The van der Waals surface area contributed by atoms with Gasteiger partial charge < -0.3 is 10.1 Å². The Hall–Kier alpha value is -2.64. The number of nitrogens with one attached hydrogen (secondary N) is 1. The Kier molecular flexibility index (Phi) is 6.94. The summed E-state index contributed by atoms with van der Waals surface area (Å²) in [6.07, 6.45) is 0. The summed E-state index contributed by atoms with van der Waals surface area (Å²) in [5.41, 5.74) is 0.321. The largest absolute Gasteiger partial charge is 0.492 e. The van der Waals surface area contributed by atoms with E-state index in [0.717, 1.165) is 0 Å². The number of likely N-dealkylation sites (N-methyl/N-ethyl adjacent to an activating group) is 1. The zero-order valence-electron chi connectivity index (χ0n) is 14.5. The SMILES string of the molecule is CC(C(=O)Nc1cccc([N+](=O)[O-])c1)N(C)CCOc1ccc(Cl)cc1. The molecule has 0 spiro atoms. The number of carbonyl (C=O) groups excluding carboxylic acids is 1. The minimum absolute atomic E-state index is 0.0693. The fraction of sp³-hybridized carbons (Fsp3) is 0.278. The molecule has 0 aliphatic heterocycles. The zero-order valence-corrected chi connectivity index (χ0v) is 15.3. The number of nitro groups is 1. The standard InChI is InChI=1S/C18H20ClN3O4/c1-13(18(23)20-15-4-3-5-16(12-15)22(24)25)21(2)10-11-26-17-8-6-14(19)7-9-17/h3-9,12-13H,10-11H2,1-2H3,(H,20,23). The van der Waals surface area contributed by atoms with Crippen LogP contribution in [0.4, 0.5) is 11.4 Å². The van der Waals surface area contributed by atoms with E-state index in [2.05, 4.69) is 5.32 Å².